The summed E-state index contributed by atoms with van der Waals surface area (Å²) in [6.07, 6.45) is 6.94. The lowest BCUT2D eigenvalue weighted by Crippen LogP contribution is -2.23. The molecule has 3 aromatic rings. The summed E-state index contributed by atoms with van der Waals surface area (Å²) in [6.45, 7) is 0.382. The van der Waals surface area contributed by atoms with Crippen LogP contribution >= 0.6 is 0 Å². The monoisotopic (exact) mass is 267 g/mol. The average Bonchev–Trinajstić information content (AvgIpc) is 3.18. The normalized spacial score (nSPS) is 10.4. The first-order valence-electron chi connectivity index (χ1n) is 6.19. The van der Waals surface area contributed by atoms with Crippen molar-refractivity contribution < 1.29 is 4.79 Å². The maximum Gasteiger partial charge on any atom is 0.251 e. The molecule has 2 heterocycles. The smallest absolute Gasteiger partial charge is 0.251 e. The second-order valence-corrected chi connectivity index (χ2v) is 4.22. The Kier molecular flexibility index (Phi) is 3.28. The highest BCUT2D eigenvalue weighted by Crippen LogP contribution is 2.08. The zero-order chi connectivity index (χ0) is 13.8. The van der Waals surface area contributed by atoms with Crippen LogP contribution in [0.3, 0.4) is 0 Å². The van der Waals surface area contributed by atoms with E-state index in [4.69, 9.17) is 0 Å². The van der Waals surface area contributed by atoms with E-state index < -0.39 is 0 Å². The SMILES string of the molecule is O=C(NCc1ncc[nH]1)c1ccc(-n2cccn2)cc1. The summed E-state index contributed by atoms with van der Waals surface area (Å²) in [4.78, 5) is 18.9. The molecule has 2 aromatic heterocycles. The molecule has 0 radical (unpaired) electrons. The zero-order valence-electron chi connectivity index (χ0n) is 10.7. The van der Waals surface area contributed by atoms with E-state index in [1.807, 2.05) is 24.4 Å². The number of amides is 1. The third kappa shape index (κ3) is 2.59. The number of hydrogen-bond donors (Lipinski definition) is 2. The minimum atomic E-state index is -0.131. The lowest BCUT2D eigenvalue weighted by Gasteiger charge is -2.05. The second kappa shape index (κ2) is 5.40. The van der Waals surface area contributed by atoms with Crippen LogP contribution in [0.15, 0.2) is 55.1 Å². The Morgan fingerprint density at radius 2 is 2.10 bits per heavy atom. The summed E-state index contributed by atoms with van der Waals surface area (Å²) in [7, 11) is 0. The van der Waals surface area contributed by atoms with E-state index in [1.165, 1.54) is 0 Å². The number of benzene rings is 1. The molecule has 6 nitrogen and oxygen atoms in total. The molecular formula is C14H13N5O. The molecular weight excluding hydrogens is 254 g/mol. The number of imidazole rings is 1. The Morgan fingerprint density at radius 3 is 2.75 bits per heavy atom. The van der Waals surface area contributed by atoms with Gasteiger partial charge in [0.25, 0.3) is 5.91 Å². The van der Waals surface area contributed by atoms with Crippen molar-refractivity contribution in [3.05, 3.63) is 66.5 Å². The van der Waals surface area contributed by atoms with Gasteiger partial charge in [-0.25, -0.2) is 9.67 Å². The van der Waals surface area contributed by atoms with Crippen LogP contribution in [0.2, 0.25) is 0 Å². The van der Waals surface area contributed by atoms with E-state index in [-0.39, 0.29) is 5.91 Å². The van der Waals surface area contributed by atoms with Crippen LogP contribution in [0, 0.1) is 0 Å². The fourth-order valence-electron chi connectivity index (χ4n) is 1.85. The molecule has 0 atom stereocenters. The van der Waals surface area contributed by atoms with Crippen molar-refractivity contribution in [3.63, 3.8) is 0 Å². The van der Waals surface area contributed by atoms with Crippen LogP contribution in [0.4, 0.5) is 0 Å². The molecule has 2 N–H and O–H groups in total. The Bertz CT molecular complexity index is 671. The Labute approximate surface area is 115 Å². The first-order chi connectivity index (χ1) is 9.83. The van der Waals surface area contributed by atoms with Gasteiger partial charge in [0.1, 0.15) is 5.82 Å². The van der Waals surface area contributed by atoms with Gasteiger partial charge in [0, 0.05) is 30.4 Å². The highest BCUT2D eigenvalue weighted by atomic mass is 16.1. The predicted octanol–water partition coefficient (Wildman–Crippen LogP) is 1.53. The van der Waals surface area contributed by atoms with Crippen LogP contribution < -0.4 is 5.32 Å². The highest BCUT2D eigenvalue weighted by Gasteiger charge is 2.06. The molecule has 6 heteroatoms. The Balaban J connectivity index is 1.66. The fourth-order valence-corrected chi connectivity index (χ4v) is 1.85. The van der Waals surface area contributed by atoms with Crippen molar-refractivity contribution >= 4 is 5.91 Å². The van der Waals surface area contributed by atoms with E-state index in [0.29, 0.717) is 12.1 Å². The van der Waals surface area contributed by atoms with Gasteiger partial charge in [-0.1, -0.05) is 0 Å². The molecule has 3 rings (SSSR count). The summed E-state index contributed by atoms with van der Waals surface area (Å²) < 4.78 is 1.74. The molecule has 0 spiro atoms. The lowest BCUT2D eigenvalue weighted by atomic mass is 10.2. The quantitative estimate of drug-likeness (QED) is 0.752. The standard InChI is InChI=1S/C14H13N5O/c20-14(17-10-13-15-7-8-16-13)11-2-4-12(5-3-11)19-9-1-6-18-19/h1-9H,10H2,(H,15,16)(H,17,20). The zero-order valence-corrected chi connectivity index (χ0v) is 10.7. The molecule has 100 valence electrons. The third-order valence-corrected chi connectivity index (χ3v) is 2.87. The van der Waals surface area contributed by atoms with Gasteiger partial charge in [0.2, 0.25) is 0 Å². The molecule has 20 heavy (non-hydrogen) atoms. The Morgan fingerprint density at radius 1 is 1.25 bits per heavy atom. The number of nitrogens with zero attached hydrogens (tertiary/aromatic N) is 3. The molecule has 1 aromatic carbocycles. The number of aromatic amines is 1. The lowest BCUT2D eigenvalue weighted by molar-refractivity contribution is 0.0950. The summed E-state index contributed by atoms with van der Waals surface area (Å²) in [5, 5.41) is 6.94. The number of hydrogen-bond acceptors (Lipinski definition) is 3. The fraction of sp³-hybridized carbons (Fsp3) is 0.0714. The number of rotatable bonds is 4. The second-order valence-electron chi connectivity index (χ2n) is 4.22. The number of carbonyl (C=O) groups is 1. The summed E-state index contributed by atoms with van der Waals surface area (Å²) in [5.74, 6) is 0.597. The van der Waals surface area contributed by atoms with Crippen LogP contribution in [-0.4, -0.2) is 25.7 Å². The maximum absolute atomic E-state index is 12.0. The molecule has 0 saturated carbocycles. The van der Waals surface area contributed by atoms with Gasteiger partial charge in [-0.2, -0.15) is 5.10 Å². The minimum Gasteiger partial charge on any atom is -0.347 e. The number of carbonyl (C=O) groups excluding carboxylic acids is 1. The molecule has 1 amide bonds. The van der Waals surface area contributed by atoms with Crippen molar-refractivity contribution in [2.75, 3.05) is 0 Å². The predicted molar refractivity (Wildman–Crippen MR) is 73.3 cm³/mol. The molecule has 0 saturated heterocycles. The van der Waals surface area contributed by atoms with Crippen molar-refractivity contribution in [1.29, 1.82) is 0 Å². The summed E-state index contributed by atoms with van der Waals surface area (Å²) in [6, 6.07) is 9.11. The minimum absolute atomic E-state index is 0.131. The average molecular weight is 267 g/mol. The topological polar surface area (TPSA) is 75.6 Å². The van der Waals surface area contributed by atoms with E-state index in [1.54, 1.807) is 35.4 Å². The van der Waals surface area contributed by atoms with E-state index >= 15 is 0 Å². The number of H-pyrrole nitrogens is 1. The molecule has 0 fully saturated rings. The van der Waals surface area contributed by atoms with E-state index in [2.05, 4.69) is 20.4 Å². The maximum atomic E-state index is 12.0. The van der Waals surface area contributed by atoms with Crippen molar-refractivity contribution in [2.24, 2.45) is 0 Å². The van der Waals surface area contributed by atoms with Crippen LogP contribution in [0.5, 0.6) is 0 Å². The molecule has 0 unspecified atom stereocenters. The van der Waals surface area contributed by atoms with Crippen LogP contribution in [-0.2, 0) is 6.54 Å². The summed E-state index contributed by atoms with van der Waals surface area (Å²) in [5.41, 5.74) is 1.52. The first-order valence-corrected chi connectivity index (χ1v) is 6.19. The highest BCUT2D eigenvalue weighted by molar-refractivity contribution is 5.94. The van der Waals surface area contributed by atoms with Gasteiger partial charge in [0.05, 0.1) is 12.2 Å². The van der Waals surface area contributed by atoms with E-state index in [9.17, 15) is 4.79 Å². The number of nitrogens with one attached hydrogen (secondary N) is 2. The van der Waals surface area contributed by atoms with Crippen molar-refractivity contribution in [1.82, 2.24) is 25.1 Å². The third-order valence-electron chi connectivity index (χ3n) is 2.87. The van der Waals surface area contributed by atoms with Gasteiger partial charge in [-0.05, 0) is 30.3 Å². The molecule has 0 aliphatic heterocycles. The largest absolute Gasteiger partial charge is 0.347 e. The van der Waals surface area contributed by atoms with Crippen LogP contribution in [0.25, 0.3) is 5.69 Å². The molecule has 0 bridgehead atoms. The van der Waals surface area contributed by atoms with Gasteiger partial charge in [0.15, 0.2) is 0 Å². The van der Waals surface area contributed by atoms with Crippen molar-refractivity contribution in [2.45, 2.75) is 6.54 Å². The van der Waals surface area contributed by atoms with Gasteiger partial charge in [-0.15, -0.1) is 0 Å². The molecule has 0 aliphatic carbocycles. The van der Waals surface area contributed by atoms with Gasteiger partial charge < -0.3 is 10.3 Å². The summed E-state index contributed by atoms with van der Waals surface area (Å²) >= 11 is 0. The van der Waals surface area contributed by atoms with Crippen LogP contribution in [0.1, 0.15) is 16.2 Å². The molecule has 0 aliphatic rings. The first kappa shape index (κ1) is 12.2. The van der Waals surface area contributed by atoms with Gasteiger partial charge >= 0.3 is 0 Å². The number of aromatic nitrogens is 4. The van der Waals surface area contributed by atoms with Crippen molar-refractivity contribution in [3.8, 4) is 5.69 Å². The van der Waals surface area contributed by atoms with Gasteiger partial charge in [-0.3, -0.25) is 4.79 Å². The van der Waals surface area contributed by atoms with E-state index in [0.717, 1.165) is 11.5 Å². The Hall–Kier alpha value is -2.89.